The van der Waals surface area contributed by atoms with Crippen LogP contribution in [0.25, 0.3) is 0 Å². The molecule has 0 heteroatoms. The van der Waals surface area contributed by atoms with Crippen LogP contribution >= 0.6 is 0 Å². The second-order valence-electron chi connectivity index (χ2n) is 0.558. The van der Waals surface area contributed by atoms with Crippen molar-refractivity contribution >= 4 is 0 Å². The average Bonchev–Trinajstić information content (AvgIpc) is 1.37. The third kappa shape index (κ3) is 27.6. The smallest absolute Gasteiger partial charge is 0.00576 e. The molecule has 0 spiro atoms. The Hall–Kier alpha value is -0.440. The predicted molar refractivity (Wildman–Crippen MR) is 25.9 cm³/mol. The van der Waals surface area contributed by atoms with Gasteiger partial charge in [0.25, 0.3) is 0 Å². The zero-order valence-corrected chi connectivity index (χ0v) is 2.78. The molecule has 0 rings (SSSR count). The highest BCUT2D eigenvalue weighted by Crippen LogP contribution is 1.58. The first kappa shape index (κ1) is 8.82. The molecule has 0 atom stereocenters. The van der Waals surface area contributed by atoms with Gasteiger partial charge >= 0.3 is 0 Å². The molecule has 0 N–H and O–H groups in total. The van der Waals surface area contributed by atoms with Crippen molar-refractivity contribution < 1.29 is 0 Å². The average molecular weight is 70.1 g/mol. The lowest BCUT2D eigenvalue weighted by molar-refractivity contribution is 1.28. The van der Waals surface area contributed by atoms with Gasteiger partial charge in [0, 0.05) is 6.42 Å². The van der Waals surface area contributed by atoms with Crippen LogP contribution in [-0.4, -0.2) is 0 Å². The molecule has 0 unspecified atom stereocenters. The fourth-order valence-corrected chi connectivity index (χ4v) is 0. The van der Waals surface area contributed by atoms with Crippen LogP contribution in [0, 0.1) is 12.3 Å². The van der Waals surface area contributed by atoms with E-state index in [0.29, 0.717) is 0 Å². The number of rotatable bonds is 0. The van der Waals surface area contributed by atoms with Gasteiger partial charge in [-0.15, -0.1) is 12.3 Å². The Morgan fingerprint density at radius 2 is 2.00 bits per heavy atom. The standard InChI is InChI=1S/C4H6.CH4/c1-3-4-2;/h1H,4H2,2H3;1H4. The highest BCUT2D eigenvalue weighted by molar-refractivity contribution is 4.80. The molecule has 0 aliphatic rings. The van der Waals surface area contributed by atoms with Crippen LogP contribution in [0.3, 0.4) is 0 Å². The summed E-state index contributed by atoms with van der Waals surface area (Å²) in [6.07, 6.45) is 5.62. The van der Waals surface area contributed by atoms with Crippen LogP contribution in [-0.2, 0) is 0 Å². The first-order valence-electron chi connectivity index (χ1n) is 1.35. The van der Waals surface area contributed by atoms with Crippen LogP contribution in [0.1, 0.15) is 20.8 Å². The molecular formula is C5H10. The summed E-state index contributed by atoms with van der Waals surface area (Å²) >= 11 is 0. The molecule has 0 heterocycles. The Bertz CT molecular complexity index is 29.8. The van der Waals surface area contributed by atoms with Crippen molar-refractivity contribution in [3.05, 3.63) is 0 Å². The summed E-state index contributed by atoms with van der Waals surface area (Å²) in [6, 6.07) is 0. The summed E-state index contributed by atoms with van der Waals surface area (Å²) in [4.78, 5) is 0. The molecule has 0 aliphatic heterocycles. The summed E-state index contributed by atoms with van der Waals surface area (Å²) in [5.74, 6) is 2.43. The third-order valence-electron chi connectivity index (χ3n) is 0.204. The molecule has 0 saturated carbocycles. The first-order valence-corrected chi connectivity index (χ1v) is 1.35. The lowest BCUT2D eigenvalue weighted by Crippen LogP contribution is -1.38. The summed E-state index contributed by atoms with van der Waals surface area (Å²) in [7, 11) is 0. The molecule has 0 nitrogen and oxygen atoms in total. The molecule has 0 aromatic rings. The lowest BCUT2D eigenvalue weighted by atomic mass is 10.5. The van der Waals surface area contributed by atoms with E-state index in [1.165, 1.54) is 0 Å². The third-order valence-corrected chi connectivity index (χ3v) is 0.204. The molecule has 30 valence electrons. The molecule has 0 aromatic heterocycles. The summed E-state index contributed by atoms with van der Waals surface area (Å²) in [5, 5.41) is 0. The van der Waals surface area contributed by atoms with Gasteiger partial charge in [-0.05, 0) is 0 Å². The van der Waals surface area contributed by atoms with Gasteiger partial charge in [-0.2, -0.15) is 0 Å². The van der Waals surface area contributed by atoms with Crippen molar-refractivity contribution in [2.45, 2.75) is 20.8 Å². The normalized spacial score (nSPS) is 4.00. The van der Waals surface area contributed by atoms with Gasteiger partial charge in [0.2, 0.25) is 0 Å². The van der Waals surface area contributed by atoms with Crippen molar-refractivity contribution in [1.29, 1.82) is 0 Å². The van der Waals surface area contributed by atoms with Crippen molar-refractivity contribution in [2.75, 3.05) is 0 Å². The Morgan fingerprint density at radius 3 is 2.00 bits per heavy atom. The van der Waals surface area contributed by atoms with E-state index in [1.54, 1.807) is 0 Å². The molecule has 0 amide bonds. The van der Waals surface area contributed by atoms with E-state index >= 15 is 0 Å². The Labute approximate surface area is 34.2 Å². The van der Waals surface area contributed by atoms with Crippen molar-refractivity contribution in [3.63, 3.8) is 0 Å². The highest BCUT2D eigenvalue weighted by atomic mass is 13.5. The predicted octanol–water partition coefficient (Wildman–Crippen LogP) is 1.67. The zero-order chi connectivity index (χ0) is 3.41. The van der Waals surface area contributed by atoms with Crippen LogP contribution in [0.2, 0.25) is 0 Å². The Morgan fingerprint density at radius 1 is 1.80 bits per heavy atom. The van der Waals surface area contributed by atoms with Crippen LogP contribution < -0.4 is 0 Å². The second-order valence-corrected chi connectivity index (χ2v) is 0.558. The van der Waals surface area contributed by atoms with Crippen LogP contribution in [0.15, 0.2) is 0 Å². The van der Waals surface area contributed by atoms with Crippen LogP contribution in [0.4, 0.5) is 0 Å². The number of hydrogen-bond acceptors (Lipinski definition) is 0. The zero-order valence-electron chi connectivity index (χ0n) is 2.78. The minimum absolute atomic E-state index is 0. The van der Waals surface area contributed by atoms with E-state index < -0.39 is 0 Å². The van der Waals surface area contributed by atoms with Gasteiger partial charge in [-0.25, -0.2) is 0 Å². The van der Waals surface area contributed by atoms with Gasteiger partial charge in [-0.1, -0.05) is 14.4 Å². The van der Waals surface area contributed by atoms with Crippen molar-refractivity contribution in [2.24, 2.45) is 0 Å². The maximum Gasteiger partial charge on any atom is 0.00576 e. The fourth-order valence-electron chi connectivity index (χ4n) is 0. The maximum atomic E-state index is 4.78. The van der Waals surface area contributed by atoms with Gasteiger partial charge < -0.3 is 0 Å². The summed E-state index contributed by atoms with van der Waals surface area (Å²) < 4.78 is 0. The molecule has 0 bridgehead atoms. The molecule has 0 aromatic carbocycles. The van der Waals surface area contributed by atoms with E-state index in [4.69, 9.17) is 6.42 Å². The topological polar surface area (TPSA) is 0 Å². The van der Waals surface area contributed by atoms with E-state index in [9.17, 15) is 0 Å². The summed E-state index contributed by atoms with van der Waals surface area (Å²) in [6.45, 7) is 1.94. The Kier molecular flexibility index (Phi) is 16.9. The quantitative estimate of drug-likeness (QED) is 0.380. The van der Waals surface area contributed by atoms with E-state index in [0.717, 1.165) is 6.42 Å². The maximum absolute atomic E-state index is 4.78. The van der Waals surface area contributed by atoms with Crippen molar-refractivity contribution in [1.82, 2.24) is 0 Å². The minimum atomic E-state index is 0. The number of hydrogen-bond donors (Lipinski definition) is 0. The molecule has 5 heavy (non-hydrogen) atoms. The second kappa shape index (κ2) is 9.59. The Balaban J connectivity index is 0. The largest absolute Gasteiger partial charge is 0.120 e. The molecule has 0 fully saturated rings. The van der Waals surface area contributed by atoms with Gasteiger partial charge in [0.1, 0.15) is 0 Å². The molecule has 0 aliphatic carbocycles. The monoisotopic (exact) mass is 70.1 g/mol. The van der Waals surface area contributed by atoms with Crippen molar-refractivity contribution in [3.8, 4) is 12.3 Å². The lowest BCUT2D eigenvalue weighted by Gasteiger charge is -1.52. The van der Waals surface area contributed by atoms with E-state index in [-0.39, 0.29) is 7.43 Å². The molecular weight excluding hydrogens is 60.1 g/mol. The fraction of sp³-hybridized carbons (Fsp3) is 0.600. The van der Waals surface area contributed by atoms with E-state index in [1.807, 2.05) is 6.92 Å². The van der Waals surface area contributed by atoms with Crippen LogP contribution in [0.5, 0.6) is 0 Å². The highest BCUT2D eigenvalue weighted by Gasteiger charge is 1.43. The summed E-state index contributed by atoms with van der Waals surface area (Å²) in [5.41, 5.74) is 0. The van der Waals surface area contributed by atoms with Gasteiger partial charge in [0.05, 0.1) is 0 Å². The van der Waals surface area contributed by atoms with Gasteiger partial charge in [0.15, 0.2) is 0 Å². The SMILES string of the molecule is C.C#CCC. The minimum Gasteiger partial charge on any atom is -0.120 e. The number of terminal acetylenes is 1. The van der Waals surface area contributed by atoms with Gasteiger partial charge in [-0.3, -0.25) is 0 Å². The molecule has 0 saturated heterocycles. The molecule has 0 radical (unpaired) electrons. The van der Waals surface area contributed by atoms with E-state index in [2.05, 4.69) is 5.92 Å². The first-order chi connectivity index (χ1) is 1.91.